The molecule has 1 aromatic rings. The summed E-state index contributed by atoms with van der Waals surface area (Å²) in [7, 11) is 0.433. The van der Waals surface area contributed by atoms with Crippen LogP contribution in [0, 0.1) is 5.95 Å². The maximum atomic E-state index is 12.8. The molecule has 0 aliphatic heterocycles. The summed E-state index contributed by atoms with van der Waals surface area (Å²) in [5, 5.41) is 0. The molecule has 0 radical (unpaired) electrons. The molecule has 0 spiro atoms. The second-order valence-electron chi connectivity index (χ2n) is 2.39. The zero-order chi connectivity index (χ0) is 11.8. The number of rotatable bonds is 2. The lowest BCUT2D eigenvalue weighted by molar-refractivity contribution is 0.147. The maximum absolute atomic E-state index is 12.8. The Bertz CT molecular complexity index is 493. The summed E-state index contributed by atoms with van der Waals surface area (Å²) in [6.07, 6.45) is -2.68. The van der Waals surface area contributed by atoms with E-state index in [2.05, 4.69) is 20.9 Å². The molecular weight excluding hydrogens is 322 g/mol. The zero-order valence-electron chi connectivity index (χ0n) is 6.72. The zero-order valence-corrected chi connectivity index (χ0v) is 9.87. The standard InChI is InChI=1S/C6H2BrClF3NO2S/c7-3-4(15(8,13)14)2(5(9)10)1-12-6(3)11/h1,5H. The van der Waals surface area contributed by atoms with E-state index in [0.717, 1.165) is 0 Å². The highest BCUT2D eigenvalue weighted by molar-refractivity contribution is 9.10. The summed E-state index contributed by atoms with van der Waals surface area (Å²) in [6.45, 7) is 0. The first-order chi connectivity index (χ1) is 6.75. The molecule has 1 aromatic heterocycles. The van der Waals surface area contributed by atoms with Crippen molar-refractivity contribution in [2.45, 2.75) is 11.3 Å². The van der Waals surface area contributed by atoms with Gasteiger partial charge in [-0.2, -0.15) is 4.39 Å². The number of hydrogen-bond donors (Lipinski definition) is 0. The van der Waals surface area contributed by atoms with Gasteiger partial charge in [-0.15, -0.1) is 0 Å². The van der Waals surface area contributed by atoms with E-state index < -0.39 is 36.4 Å². The first-order valence-corrected chi connectivity index (χ1v) is 6.42. The number of halogens is 5. The van der Waals surface area contributed by atoms with Crippen molar-refractivity contribution in [3.8, 4) is 0 Å². The molecule has 9 heteroatoms. The molecule has 0 N–H and O–H groups in total. The van der Waals surface area contributed by atoms with Gasteiger partial charge in [0.05, 0.1) is 10.0 Å². The fourth-order valence-electron chi connectivity index (χ4n) is 0.865. The molecule has 0 unspecified atom stereocenters. The highest BCUT2D eigenvalue weighted by Crippen LogP contribution is 2.34. The molecule has 84 valence electrons. The Kier molecular flexibility index (Phi) is 3.62. The van der Waals surface area contributed by atoms with Crippen LogP contribution in [0.3, 0.4) is 0 Å². The van der Waals surface area contributed by atoms with Crippen LogP contribution in [0.4, 0.5) is 13.2 Å². The lowest BCUT2D eigenvalue weighted by atomic mass is 10.3. The Hall–Kier alpha value is -0.340. The van der Waals surface area contributed by atoms with E-state index in [-0.39, 0.29) is 0 Å². The maximum Gasteiger partial charge on any atom is 0.266 e. The Morgan fingerprint density at radius 2 is 2.00 bits per heavy atom. The largest absolute Gasteiger partial charge is 0.266 e. The lowest BCUT2D eigenvalue weighted by Crippen LogP contribution is -2.03. The van der Waals surface area contributed by atoms with Crippen LogP contribution in [0.15, 0.2) is 15.6 Å². The smallest absolute Gasteiger partial charge is 0.227 e. The topological polar surface area (TPSA) is 47.0 Å². The second kappa shape index (κ2) is 4.26. The normalized spacial score (nSPS) is 12.1. The molecule has 1 heterocycles. The average molecular weight is 325 g/mol. The third-order valence-corrected chi connectivity index (χ3v) is 3.82. The molecule has 0 aromatic carbocycles. The fourth-order valence-corrected chi connectivity index (χ4v) is 3.34. The summed E-state index contributed by atoms with van der Waals surface area (Å²) in [5.41, 5.74) is -0.946. The number of nitrogens with zero attached hydrogens (tertiary/aromatic N) is 1. The van der Waals surface area contributed by atoms with Crippen LogP contribution in [-0.2, 0) is 9.05 Å². The van der Waals surface area contributed by atoms with E-state index in [1.54, 1.807) is 0 Å². The molecule has 0 aliphatic rings. The van der Waals surface area contributed by atoms with Gasteiger partial charge in [0.1, 0.15) is 4.90 Å². The molecule has 0 fully saturated rings. The van der Waals surface area contributed by atoms with Crippen LogP contribution < -0.4 is 0 Å². The molecule has 3 nitrogen and oxygen atoms in total. The number of alkyl halides is 2. The average Bonchev–Trinajstić information content (AvgIpc) is 2.06. The summed E-state index contributed by atoms with van der Waals surface area (Å²) >= 11 is 2.50. The van der Waals surface area contributed by atoms with Crippen molar-refractivity contribution in [3.05, 3.63) is 22.2 Å². The summed E-state index contributed by atoms with van der Waals surface area (Å²) in [6, 6.07) is 0. The van der Waals surface area contributed by atoms with Crippen LogP contribution >= 0.6 is 26.6 Å². The molecule has 0 saturated heterocycles. The quantitative estimate of drug-likeness (QED) is 0.621. The minimum atomic E-state index is -4.47. The van der Waals surface area contributed by atoms with Gasteiger partial charge in [-0.05, 0) is 15.9 Å². The van der Waals surface area contributed by atoms with Gasteiger partial charge in [0.2, 0.25) is 5.95 Å². The van der Waals surface area contributed by atoms with E-state index >= 15 is 0 Å². The van der Waals surface area contributed by atoms with E-state index in [0.29, 0.717) is 6.20 Å². The van der Waals surface area contributed by atoms with E-state index in [4.69, 9.17) is 10.7 Å². The molecular formula is C6H2BrClF3NO2S. The van der Waals surface area contributed by atoms with Gasteiger partial charge in [-0.25, -0.2) is 22.2 Å². The van der Waals surface area contributed by atoms with E-state index in [9.17, 15) is 21.6 Å². The van der Waals surface area contributed by atoms with E-state index in [1.807, 2.05) is 0 Å². The van der Waals surface area contributed by atoms with Crippen molar-refractivity contribution >= 4 is 35.7 Å². The first-order valence-electron chi connectivity index (χ1n) is 3.32. The molecule has 0 amide bonds. The second-order valence-corrected chi connectivity index (χ2v) is 5.68. The fraction of sp³-hybridized carbons (Fsp3) is 0.167. The van der Waals surface area contributed by atoms with E-state index in [1.165, 1.54) is 0 Å². The minimum Gasteiger partial charge on any atom is -0.227 e. The van der Waals surface area contributed by atoms with Gasteiger partial charge in [-0.3, -0.25) is 0 Å². The van der Waals surface area contributed by atoms with Crippen LogP contribution in [0.25, 0.3) is 0 Å². The van der Waals surface area contributed by atoms with Crippen LogP contribution in [0.2, 0.25) is 0 Å². The molecule has 1 rings (SSSR count). The molecule has 0 saturated carbocycles. The van der Waals surface area contributed by atoms with Crippen molar-refractivity contribution in [1.82, 2.24) is 4.98 Å². The van der Waals surface area contributed by atoms with Crippen LogP contribution in [0.1, 0.15) is 12.0 Å². The SMILES string of the molecule is O=S(=O)(Cl)c1c(C(F)F)cnc(F)c1Br. The van der Waals surface area contributed by atoms with Crippen molar-refractivity contribution in [2.75, 3.05) is 0 Å². The molecule has 0 aliphatic carbocycles. The molecule has 0 atom stereocenters. The highest BCUT2D eigenvalue weighted by Gasteiger charge is 2.27. The number of hydrogen-bond acceptors (Lipinski definition) is 3. The van der Waals surface area contributed by atoms with Crippen molar-refractivity contribution in [3.63, 3.8) is 0 Å². The van der Waals surface area contributed by atoms with Gasteiger partial charge < -0.3 is 0 Å². The number of aromatic nitrogens is 1. The third-order valence-electron chi connectivity index (χ3n) is 1.44. The summed E-state index contributed by atoms with van der Waals surface area (Å²) in [5.74, 6) is -1.22. The van der Waals surface area contributed by atoms with Gasteiger partial charge in [0.15, 0.2) is 0 Å². The third kappa shape index (κ3) is 2.61. The number of pyridine rings is 1. The Balaban J connectivity index is 3.65. The lowest BCUT2D eigenvalue weighted by Gasteiger charge is -2.07. The van der Waals surface area contributed by atoms with Gasteiger partial charge >= 0.3 is 0 Å². The molecule has 0 bridgehead atoms. The Labute approximate surface area is 95.8 Å². The first kappa shape index (κ1) is 12.7. The minimum absolute atomic E-state index is 0.431. The van der Waals surface area contributed by atoms with Crippen molar-refractivity contribution in [2.24, 2.45) is 0 Å². The summed E-state index contributed by atoms with van der Waals surface area (Å²) in [4.78, 5) is 1.96. The van der Waals surface area contributed by atoms with Crippen LogP contribution in [-0.4, -0.2) is 13.4 Å². The predicted molar refractivity (Wildman–Crippen MR) is 49.9 cm³/mol. The predicted octanol–water partition coefficient (Wildman–Crippen LogP) is 2.85. The van der Waals surface area contributed by atoms with Gasteiger partial charge in [-0.1, -0.05) is 0 Å². The van der Waals surface area contributed by atoms with Gasteiger partial charge in [0.25, 0.3) is 15.5 Å². The Morgan fingerprint density at radius 1 is 1.47 bits per heavy atom. The van der Waals surface area contributed by atoms with Crippen molar-refractivity contribution in [1.29, 1.82) is 0 Å². The highest BCUT2D eigenvalue weighted by atomic mass is 79.9. The molecule has 15 heavy (non-hydrogen) atoms. The Morgan fingerprint density at radius 3 is 2.40 bits per heavy atom. The van der Waals surface area contributed by atoms with Gasteiger partial charge in [0, 0.05) is 16.9 Å². The van der Waals surface area contributed by atoms with Crippen LogP contribution in [0.5, 0.6) is 0 Å². The van der Waals surface area contributed by atoms with Crippen molar-refractivity contribution < 1.29 is 21.6 Å². The monoisotopic (exact) mass is 323 g/mol. The summed E-state index contributed by atoms with van der Waals surface area (Å²) < 4.78 is 58.7.